The number of benzene rings is 2. The predicted octanol–water partition coefficient (Wildman–Crippen LogP) is 3.08. The smallest absolute Gasteiger partial charge is 0.253 e. The molecule has 0 atom stereocenters. The highest BCUT2D eigenvalue weighted by Gasteiger charge is 2.22. The number of amides is 1. The van der Waals surface area contributed by atoms with Crippen molar-refractivity contribution in [1.82, 2.24) is 4.90 Å². The van der Waals surface area contributed by atoms with Crippen LogP contribution in [0.25, 0.3) is 0 Å². The molecule has 0 unspecified atom stereocenters. The van der Waals surface area contributed by atoms with Gasteiger partial charge in [0.05, 0.1) is 0 Å². The molecule has 3 heteroatoms. The van der Waals surface area contributed by atoms with E-state index in [-0.39, 0.29) is 5.91 Å². The van der Waals surface area contributed by atoms with Crippen LogP contribution in [-0.2, 0) is 6.42 Å². The van der Waals surface area contributed by atoms with Crippen LogP contribution in [0.3, 0.4) is 0 Å². The highest BCUT2D eigenvalue weighted by molar-refractivity contribution is 5.96. The Kier molecular flexibility index (Phi) is 2.75. The number of rotatable bonds is 1. The number of carbonyl (C=O) groups excluding carboxylic acids is 1. The molecule has 19 heavy (non-hydrogen) atoms. The summed E-state index contributed by atoms with van der Waals surface area (Å²) in [5.41, 5.74) is 2.81. The molecule has 1 aliphatic rings. The Morgan fingerprint density at radius 2 is 1.79 bits per heavy atom. The van der Waals surface area contributed by atoms with E-state index in [1.54, 1.807) is 19.0 Å². The summed E-state index contributed by atoms with van der Waals surface area (Å²) >= 11 is 0. The van der Waals surface area contributed by atoms with Crippen molar-refractivity contribution in [3.05, 3.63) is 59.2 Å². The lowest BCUT2D eigenvalue weighted by atomic mass is 9.95. The van der Waals surface area contributed by atoms with Crippen LogP contribution < -0.4 is 4.74 Å². The molecule has 1 aliphatic heterocycles. The minimum Gasteiger partial charge on any atom is -0.457 e. The molecule has 1 amide bonds. The number of hydrogen-bond donors (Lipinski definition) is 0. The standard InChI is InChI=1S/C16H15NO2/c1-17(2)16(18)12-7-5-9-15-13(12)10-11-6-3-4-8-14(11)19-15/h3-9H,10H2,1-2H3. The average Bonchev–Trinajstić information content (AvgIpc) is 2.43. The zero-order valence-electron chi connectivity index (χ0n) is 11.0. The molecule has 96 valence electrons. The summed E-state index contributed by atoms with van der Waals surface area (Å²) in [7, 11) is 3.53. The molecule has 3 nitrogen and oxygen atoms in total. The van der Waals surface area contributed by atoms with Gasteiger partial charge >= 0.3 is 0 Å². The van der Waals surface area contributed by atoms with Gasteiger partial charge in [-0.1, -0.05) is 24.3 Å². The third kappa shape index (κ3) is 1.97. The quantitative estimate of drug-likeness (QED) is 0.667. The van der Waals surface area contributed by atoms with Crippen LogP contribution in [0.15, 0.2) is 42.5 Å². The Hall–Kier alpha value is -2.29. The molecule has 0 N–H and O–H groups in total. The minimum absolute atomic E-state index is 0.0137. The van der Waals surface area contributed by atoms with E-state index in [4.69, 9.17) is 4.74 Å². The fourth-order valence-corrected chi connectivity index (χ4v) is 2.34. The summed E-state index contributed by atoms with van der Waals surface area (Å²) in [4.78, 5) is 13.8. The van der Waals surface area contributed by atoms with Gasteiger partial charge in [-0.3, -0.25) is 4.79 Å². The number of ether oxygens (including phenoxy) is 1. The summed E-state index contributed by atoms with van der Waals surface area (Å²) < 4.78 is 5.88. The SMILES string of the molecule is CN(C)C(=O)c1cccc2c1Cc1ccccc1O2. The van der Waals surface area contributed by atoms with E-state index in [2.05, 4.69) is 0 Å². The van der Waals surface area contributed by atoms with Crippen molar-refractivity contribution in [2.24, 2.45) is 0 Å². The Labute approximate surface area is 112 Å². The van der Waals surface area contributed by atoms with Crippen molar-refractivity contribution in [2.45, 2.75) is 6.42 Å². The van der Waals surface area contributed by atoms with Gasteiger partial charge in [0.15, 0.2) is 0 Å². The Balaban J connectivity index is 2.09. The van der Waals surface area contributed by atoms with Gasteiger partial charge in [0.1, 0.15) is 11.5 Å². The van der Waals surface area contributed by atoms with Crippen LogP contribution in [0.2, 0.25) is 0 Å². The first kappa shape index (κ1) is 11.8. The maximum atomic E-state index is 12.2. The van der Waals surface area contributed by atoms with E-state index < -0.39 is 0 Å². The van der Waals surface area contributed by atoms with Crippen LogP contribution in [0, 0.1) is 0 Å². The topological polar surface area (TPSA) is 29.5 Å². The van der Waals surface area contributed by atoms with Crippen molar-refractivity contribution < 1.29 is 9.53 Å². The number of carbonyl (C=O) groups is 1. The second-order valence-corrected chi connectivity index (χ2v) is 4.87. The van der Waals surface area contributed by atoms with E-state index in [0.717, 1.165) is 34.6 Å². The van der Waals surface area contributed by atoms with Gasteiger partial charge in [0.25, 0.3) is 5.91 Å². The van der Waals surface area contributed by atoms with Crippen molar-refractivity contribution >= 4 is 5.91 Å². The molecule has 0 saturated heterocycles. The normalized spacial score (nSPS) is 12.1. The highest BCUT2D eigenvalue weighted by Crippen LogP contribution is 2.37. The average molecular weight is 253 g/mol. The molecule has 0 bridgehead atoms. The molecular formula is C16H15NO2. The summed E-state index contributed by atoms with van der Waals surface area (Å²) in [5, 5.41) is 0. The van der Waals surface area contributed by atoms with E-state index >= 15 is 0 Å². The molecule has 0 spiro atoms. The Morgan fingerprint density at radius 3 is 2.58 bits per heavy atom. The summed E-state index contributed by atoms with van der Waals surface area (Å²) in [6.45, 7) is 0. The third-order valence-corrected chi connectivity index (χ3v) is 3.33. The van der Waals surface area contributed by atoms with Gasteiger partial charge in [0, 0.05) is 31.6 Å². The van der Waals surface area contributed by atoms with Crippen LogP contribution in [0.5, 0.6) is 11.5 Å². The highest BCUT2D eigenvalue weighted by atomic mass is 16.5. The third-order valence-electron chi connectivity index (χ3n) is 3.33. The summed E-state index contributed by atoms with van der Waals surface area (Å²) in [6.07, 6.45) is 0.737. The van der Waals surface area contributed by atoms with Gasteiger partial charge in [-0.25, -0.2) is 0 Å². The Bertz CT molecular complexity index is 647. The van der Waals surface area contributed by atoms with Crippen molar-refractivity contribution in [3.63, 3.8) is 0 Å². The first-order chi connectivity index (χ1) is 9.16. The van der Waals surface area contributed by atoms with Crippen molar-refractivity contribution in [1.29, 1.82) is 0 Å². The molecule has 0 aliphatic carbocycles. The van der Waals surface area contributed by atoms with E-state index in [1.165, 1.54) is 0 Å². The van der Waals surface area contributed by atoms with Crippen molar-refractivity contribution in [3.8, 4) is 11.5 Å². The van der Waals surface area contributed by atoms with E-state index in [0.29, 0.717) is 0 Å². The second kappa shape index (κ2) is 4.43. The maximum absolute atomic E-state index is 12.2. The number of nitrogens with zero attached hydrogens (tertiary/aromatic N) is 1. The molecule has 0 fully saturated rings. The number of fused-ring (bicyclic) bond motifs is 2. The first-order valence-electron chi connectivity index (χ1n) is 6.26. The lowest BCUT2D eigenvalue weighted by Gasteiger charge is -2.23. The van der Waals surface area contributed by atoms with Gasteiger partial charge < -0.3 is 9.64 Å². The zero-order chi connectivity index (χ0) is 13.4. The lowest BCUT2D eigenvalue weighted by Crippen LogP contribution is -2.23. The monoisotopic (exact) mass is 253 g/mol. The molecular weight excluding hydrogens is 238 g/mol. The molecule has 0 saturated carbocycles. The van der Waals surface area contributed by atoms with Crippen LogP contribution in [0.4, 0.5) is 0 Å². The number of para-hydroxylation sites is 1. The van der Waals surface area contributed by atoms with Gasteiger partial charge in [0.2, 0.25) is 0 Å². The van der Waals surface area contributed by atoms with E-state index in [1.807, 2.05) is 42.5 Å². The van der Waals surface area contributed by atoms with Gasteiger partial charge in [-0.05, 0) is 23.8 Å². The second-order valence-electron chi connectivity index (χ2n) is 4.87. The molecule has 3 rings (SSSR count). The number of hydrogen-bond acceptors (Lipinski definition) is 2. The maximum Gasteiger partial charge on any atom is 0.253 e. The molecule has 2 aromatic carbocycles. The zero-order valence-corrected chi connectivity index (χ0v) is 11.0. The predicted molar refractivity (Wildman–Crippen MR) is 73.8 cm³/mol. The fraction of sp³-hybridized carbons (Fsp3) is 0.188. The van der Waals surface area contributed by atoms with E-state index in [9.17, 15) is 4.79 Å². The van der Waals surface area contributed by atoms with Gasteiger partial charge in [-0.15, -0.1) is 0 Å². The van der Waals surface area contributed by atoms with Gasteiger partial charge in [-0.2, -0.15) is 0 Å². The molecule has 1 heterocycles. The van der Waals surface area contributed by atoms with Crippen LogP contribution in [-0.4, -0.2) is 24.9 Å². The summed E-state index contributed by atoms with van der Waals surface area (Å²) in [5.74, 6) is 1.68. The molecule has 2 aromatic rings. The minimum atomic E-state index is 0.0137. The Morgan fingerprint density at radius 1 is 1.05 bits per heavy atom. The molecule has 0 aromatic heterocycles. The van der Waals surface area contributed by atoms with Crippen LogP contribution >= 0.6 is 0 Å². The van der Waals surface area contributed by atoms with Crippen LogP contribution in [0.1, 0.15) is 21.5 Å². The summed E-state index contributed by atoms with van der Waals surface area (Å²) in [6, 6.07) is 13.6. The van der Waals surface area contributed by atoms with Crippen molar-refractivity contribution in [2.75, 3.05) is 14.1 Å². The molecule has 0 radical (unpaired) electrons. The largest absolute Gasteiger partial charge is 0.457 e. The first-order valence-corrected chi connectivity index (χ1v) is 6.26. The lowest BCUT2D eigenvalue weighted by molar-refractivity contribution is 0.0826. The fourth-order valence-electron chi connectivity index (χ4n) is 2.34.